The van der Waals surface area contributed by atoms with Crippen molar-refractivity contribution in [3.05, 3.63) is 47.8 Å². The molecule has 19 heavy (non-hydrogen) atoms. The topological polar surface area (TPSA) is 66.8 Å². The predicted molar refractivity (Wildman–Crippen MR) is 66.6 cm³/mol. The van der Waals surface area contributed by atoms with Gasteiger partial charge in [-0.3, -0.25) is 4.90 Å². The molecule has 5 nitrogen and oxygen atoms in total. The van der Waals surface area contributed by atoms with E-state index in [-0.39, 0.29) is 5.56 Å². The Kier molecular flexibility index (Phi) is 3.13. The van der Waals surface area contributed by atoms with E-state index in [0.29, 0.717) is 24.9 Å². The van der Waals surface area contributed by atoms with Crippen molar-refractivity contribution >= 4 is 5.97 Å². The monoisotopic (exact) mass is 261 g/mol. The first-order valence-corrected chi connectivity index (χ1v) is 6.30. The summed E-state index contributed by atoms with van der Waals surface area (Å²) in [5.41, 5.74) is 0.241. The predicted octanol–water partition coefficient (Wildman–Crippen LogP) is 2.74. The van der Waals surface area contributed by atoms with E-state index in [0.717, 1.165) is 18.6 Å². The fraction of sp³-hybridized carbons (Fsp3) is 0.357. The van der Waals surface area contributed by atoms with Crippen LogP contribution in [0.15, 0.2) is 39.6 Å². The van der Waals surface area contributed by atoms with Gasteiger partial charge in [-0.2, -0.15) is 0 Å². The average Bonchev–Trinajstić information content (AvgIpc) is 2.90. The summed E-state index contributed by atoms with van der Waals surface area (Å²) in [5.74, 6) is 0.443. The third kappa shape index (κ3) is 2.71. The van der Waals surface area contributed by atoms with Crippen LogP contribution >= 0.6 is 0 Å². The Labute approximate surface area is 110 Å². The number of carboxylic acids is 1. The second-order valence-electron chi connectivity index (χ2n) is 4.78. The van der Waals surface area contributed by atoms with E-state index >= 15 is 0 Å². The van der Waals surface area contributed by atoms with Crippen LogP contribution in [0.3, 0.4) is 0 Å². The van der Waals surface area contributed by atoms with E-state index in [1.165, 1.54) is 12.3 Å². The van der Waals surface area contributed by atoms with Gasteiger partial charge in [0.05, 0.1) is 25.6 Å². The minimum Gasteiger partial charge on any atom is -0.478 e. The summed E-state index contributed by atoms with van der Waals surface area (Å²) in [6.07, 6.45) is 5.36. The zero-order chi connectivity index (χ0) is 13.2. The SMILES string of the molecule is O=C(O)c1ccoc1CN(Cc1ccco1)C1CC1. The molecule has 0 aliphatic heterocycles. The molecule has 1 aliphatic rings. The minimum absolute atomic E-state index is 0.241. The maximum absolute atomic E-state index is 11.1. The number of nitrogens with zero attached hydrogens (tertiary/aromatic N) is 1. The Morgan fingerprint density at radius 1 is 1.26 bits per heavy atom. The van der Waals surface area contributed by atoms with Gasteiger partial charge in [-0.15, -0.1) is 0 Å². The molecule has 3 rings (SSSR count). The molecule has 1 aliphatic carbocycles. The highest BCUT2D eigenvalue weighted by molar-refractivity contribution is 5.88. The zero-order valence-electron chi connectivity index (χ0n) is 10.4. The Hall–Kier alpha value is -2.01. The van der Waals surface area contributed by atoms with Crippen LogP contribution in [0, 0.1) is 0 Å². The lowest BCUT2D eigenvalue weighted by molar-refractivity contribution is 0.0692. The van der Waals surface area contributed by atoms with Crippen LogP contribution in [-0.4, -0.2) is 22.0 Å². The normalized spacial score (nSPS) is 15.0. The average molecular weight is 261 g/mol. The van der Waals surface area contributed by atoms with Crippen molar-refractivity contribution in [3.63, 3.8) is 0 Å². The Morgan fingerprint density at radius 2 is 2.11 bits per heavy atom. The molecule has 2 aromatic rings. The van der Waals surface area contributed by atoms with E-state index in [1.807, 2.05) is 12.1 Å². The largest absolute Gasteiger partial charge is 0.478 e. The van der Waals surface area contributed by atoms with Gasteiger partial charge in [0.25, 0.3) is 0 Å². The first kappa shape index (κ1) is 12.0. The Morgan fingerprint density at radius 3 is 2.74 bits per heavy atom. The molecule has 2 heterocycles. The van der Waals surface area contributed by atoms with Crippen molar-refractivity contribution in [2.24, 2.45) is 0 Å². The number of hydrogen-bond donors (Lipinski definition) is 1. The van der Waals surface area contributed by atoms with E-state index in [1.54, 1.807) is 6.26 Å². The highest BCUT2D eigenvalue weighted by Crippen LogP contribution is 2.30. The molecule has 0 aromatic carbocycles. The third-order valence-corrected chi connectivity index (χ3v) is 3.32. The maximum Gasteiger partial charge on any atom is 0.339 e. The van der Waals surface area contributed by atoms with Crippen molar-refractivity contribution in [3.8, 4) is 0 Å². The van der Waals surface area contributed by atoms with Crippen LogP contribution in [0.25, 0.3) is 0 Å². The maximum atomic E-state index is 11.1. The van der Waals surface area contributed by atoms with Gasteiger partial charge in [0.15, 0.2) is 0 Å². The Bertz CT molecular complexity index is 554. The molecule has 0 unspecified atom stereocenters. The molecular formula is C14H15NO4. The molecule has 0 bridgehead atoms. The lowest BCUT2D eigenvalue weighted by atomic mass is 10.2. The summed E-state index contributed by atoms with van der Waals surface area (Å²) in [5, 5.41) is 9.08. The highest BCUT2D eigenvalue weighted by atomic mass is 16.4. The molecule has 2 aromatic heterocycles. The Balaban J connectivity index is 1.74. The summed E-state index contributed by atoms with van der Waals surface area (Å²) < 4.78 is 10.7. The first-order valence-electron chi connectivity index (χ1n) is 6.30. The lowest BCUT2D eigenvalue weighted by Crippen LogP contribution is -2.25. The summed E-state index contributed by atoms with van der Waals surface area (Å²) in [6.45, 7) is 1.18. The number of carbonyl (C=O) groups is 1. The molecule has 0 atom stereocenters. The van der Waals surface area contributed by atoms with E-state index in [4.69, 9.17) is 13.9 Å². The number of hydrogen-bond acceptors (Lipinski definition) is 4. The molecule has 0 spiro atoms. The van der Waals surface area contributed by atoms with Crippen molar-refractivity contribution < 1.29 is 18.7 Å². The van der Waals surface area contributed by atoms with Gasteiger partial charge < -0.3 is 13.9 Å². The van der Waals surface area contributed by atoms with Crippen molar-refractivity contribution in [2.45, 2.75) is 32.0 Å². The summed E-state index contributed by atoms with van der Waals surface area (Å²) >= 11 is 0. The molecule has 0 amide bonds. The third-order valence-electron chi connectivity index (χ3n) is 3.32. The standard InChI is InChI=1S/C14H15NO4/c16-14(17)12-5-7-19-13(12)9-15(10-3-4-10)8-11-2-1-6-18-11/h1-2,5-7,10H,3-4,8-9H2,(H,16,17). The quantitative estimate of drug-likeness (QED) is 0.866. The summed E-state index contributed by atoms with van der Waals surface area (Å²) in [4.78, 5) is 13.3. The van der Waals surface area contributed by atoms with Gasteiger partial charge in [-0.25, -0.2) is 4.79 Å². The van der Waals surface area contributed by atoms with Crippen LogP contribution in [0.4, 0.5) is 0 Å². The minimum atomic E-state index is -0.947. The molecule has 0 radical (unpaired) electrons. The highest BCUT2D eigenvalue weighted by Gasteiger charge is 2.31. The van der Waals surface area contributed by atoms with Gasteiger partial charge in [0.2, 0.25) is 0 Å². The zero-order valence-corrected chi connectivity index (χ0v) is 10.4. The van der Waals surface area contributed by atoms with Crippen molar-refractivity contribution in [1.29, 1.82) is 0 Å². The van der Waals surface area contributed by atoms with E-state index in [9.17, 15) is 4.79 Å². The number of furan rings is 2. The fourth-order valence-corrected chi connectivity index (χ4v) is 2.19. The second kappa shape index (κ2) is 4.93. The fourth-order valence-electron chi connectivity index (χ4n) is 2.19. The van der Waals surface area contributed by atoms with Crippen molar-refractivity contribution in [2.75, 3.05) is 0 Å². The number of aromatic carboxylic acids is 1. The van der Waals surface area contributed by atoms with Crippen LogP contribution in [-0.2, 0) is 13.1 Å². The van der Waals surface area contributed by atoms with Crippen molar-refractivity contribution in [1.82, 2.24) is 4.90 Å². The number of rotatable bonds is 6. The second-order valence-corrected chi connectivity index (χ2v) is 4.78. The number of carboxylic acid groups (broad SMARTS) is 1. The molecule has 1 fully saturated rings. The van der Waals surface area contributed by atoms with Crippen LogP contribution in [0.5, 0.6) is 0 Å². The van der Waals surface area contributed by atoms with Crippen LogP contribution in [0.2, 0.25) is 0 Å². The first-order chi connectivity index (χ1) is 9.24. The van der Waals surface area contributed by atoms with E-state index in [2.05, 4.69) is 4.90 Å². The van der Waals surface area contributed by atoms with Gasteiger partial charge in [-0.1, -0.05) is 0 Å². The van der Waals surface area contributed by atoms with Gasteiger partial charge in [-0.05, 0) is 31.0 Å². The summed E-state index contributed by atoms with van der Waals surface area (Å²) in [7, 11) is 0. The molecular weight excluding hydrogens is 246 g/mol. The molecule has 5 heteroatoms. The molecule has 1 N–H and O–H groups in total. The van der Waals surface area contributed by atoms with Gasteiger partial charge in [0, 0.05) is 6.04 Å². The summed E-state index contributed by atoms with van der Waals surface area (Å²) in [6, 6.07) is 5.78. The van der Waals surface area contributed by atoms with Gasteiger partial charge >= 0.3 is 5.97 Å². The molecule has 0 saturated heterocycles. The molecule has 1 saturated carbocycles. The van der Waals surface area contributed by atoms with Crippen LogP contribution in [0.1, 0.15) is 34.7 Å². The van der Waals surface area contributed by atoms with Gasteiger partial charge in [0.1, 0.15) is 17.1 Å². The lowest BCUT2D eigenvalue weighted by Gasteiger charge is -2.19. The van der Waals surface area contributed by atoms with Crippen LogP contribution < -0.4 is 0 Å². The van der Waals surface area contributed by atoms with E-state index < -0.39 is 5.97 Å². The smallest absolute Gasteiger partial charge is 0.339 e. The molecule has 100 valence electrons.